The number of carboxylic acid groups (broad SMARTS) is 1. The number of benzene rings is 1. The zero-order valence-corrected chi connectivity index (χ0v) is 9.68. The molecular weight excluding hydrogens is 237 g/mol. The number of hydrogen-bond donors (Lipinski definition) is 2. The standard InChI is InChI=1S/C13H12FNO3/c1-8(11-6-3-7-18-11)15-12-9(13(16)17)4-2-5-10(12)14/h2-8,15H,1H3,(H,16,17). The monoisotopic (exact) mass is 249 g/mol. The molecule has 0 aliphatic carbocycles. The van der Waals surface area contributed by atoms with E-state index in [4.69, 9.17) is 9.52 Å². The van der Waals surface area contributed by atoms with Crippen molar-refractivity contribution in [2.45, 2.75) is 13.0 Å². The molecule has 0 saturated carbocycles. The minimum Gasteiger partial charge on any atom is -0.478 e. The average Bonchev–Trinajstić information content (AvgIpc) is 2.85. The lowest BCUT2D eigenvalue weighted by molar-refractivity contribution is 0.0697. The van der Waals surface area contributed by atoms with Gasteiger partial charge in [-0.3, -0.25) is 0 Å². The number of aromatic carboxylic acids is 1. The smallest absolute Gasteiger partial charge is 0.337 e. The van der Waals surface area contributed by atoms with Crippen molar-refractivity contribution in [3.63, 3.8) is 0 Å². The number of nitrogens with one attached hydrogen (secondary N) is 1. The van der Waals surface area contributed by atoms with Gasteiger partial charge in [0.2, 0.25) is 0 Å². The first-order chi connectivity index (χ1) is 8.59. The van der Waals surface area contributed by atoms with Gasteiger partial charge in [-0.1, -0.05) is 6.07 Å². The number of para-hydroxylation sites is 1. The predicted molar refractivity (Wildman–Crippen MR) is 64.1 cm³/mol. The number of carboxylic acids is 1. The van der Waals surface area contributed by atoms with Crippen molar-refractivity contribution < 1.29 is 18.7 Å². The van der Waals surface area contributed by atoms with Crippen molar-refractivity contribution in [3.05, 3.63) is 53.7 Å². The largest absolute Gasteiger partial charge is 0.478 e. The molecule has 0 aliphatic rings. The molecule has 0 radical (unpaired) electrons. The molecular formula is C13H12FNO3. The molecule has 2 aromatic rings. The highest BCUT2D eigenvalue weighted by Crippen LogP contribution is 2.25. The van der Waals surface area contributed by atoms with Gasteiger partial charge in [0.25, 0.3) is 0 Å². The van der Waals surface area contributed by atoms with Gasteiger partial charge < -0.3 is 14.8 Å². The summed E-state index contributed by atoms with van der Waals surface area (Å²) in [6.45, 7) is 1.76. The molecule has 0 bridgehead atoms. The molecule has 0 fully saturated rings. The molecule has 1 unspecified atom stereocenters. The molecule has 5 heteroatoms. The second-order valence-electron chi connectivity index (χ2n) is 3.85. The Morgan fingerprint density at radius 3 is 2.78 bits per heavy atom. The lowest BCUT2D eigenvalue weighted by Crippen LogP contribution is -2.11. The van der Waals surface area contributed by atoms with E-state index in [1.54, 1.807) is 19.1 Å². The summed E-state index contributed by atoms with van der Waals surface area (Å²) in [6, 6.07) is 7.05. The Hall–Kier alpha value is -2.30. The fourth-order valence-electron chi connectivity index (χ4n) is 1.67. The summed E-state index contributed by atoms with van der Waals surface area (Å²) < 4.78 is 18.8. The normalized spacial score (nSPS) is 12.1. The van der Waals surface area contributed by atoms with Gasteiger partial charge >= 0.3 is 5.97 Å². The van der Waals surface area contributed by atoms with Crippen LogP contribution in [-0.2, 0) is 0 Å². The summed E-state index contributed by atoms with van der Waals surface area (Å²) in [5.74, 6) is -1.17. The lowest BCUT2D eigenvalue weighted by Gasteiger charge is -2.15. The second-order valence-corrected chi connectivity index (χ2v) is 3.85. The van der Waals surface area contributed by atoms with Crippen LogP contribution in [0.3, 0.4) is 0 Å². The van der Waals surface area contributed by atoms with Crippen LogP contribution in [0.5, 0.6) is 0 Å². The molecule has 1 aromatic heterocycles. The van der Waals surface area contributed by atoms with Gasteiger partial charge in [-0.25, -0.2) is 9.18 Å². The van der Waals surface area contributed by atoms with Crippen LogP contribution in [0.25, 0.3) is 0 Å². The molecule has 94 valence electrons. The summed E-state index contributed by atoms with van der Waals surface area (Å²) in [5, 5.41) is 11.8. The van der Waals surface area contributed by atoms with Crippen LogP contribution < -0.4 is 5.32 Å². The van der Waals surface area contributed by atoms with Crippen LogP contribution in [0.15, 0.2) is 41.0 Å². The van der Waals surface area contributed by atoms with Crippen LogP contribution in [0.2, 0.25) is 0 Å². The van der Waals surface area contributed by atoms with E-state index in [0.717, 1.165) is 0 Å². The first-order valence-electron chi connectivity index (χ1n) is 5.41. The summed E-state index contributed by atoms with van der Waals surface area (Å²) in [6.07, 6.45) is 1.51. The zero-order valence-electron chi connectivity index (χ0n) is 9.68. The average molecular weight is 249 g/mol. The number of halogens is 1. The van der Waals surface area contributed by atoms with Crippen molar-refractivity contribution in [1.82, 2.24) is 0 Å². The first-order valence-corrected chi connectivity index (χ1v) is 5.41. The maximum atomic E-state index is 13.7. The van der Waals surface area contributed by atoms with Crippen molar-refractivity contribution in [2.24, 2.45) is 0 Å². The number of hydrogen-bond acceptors (Lipinski definition) is 3. The SMILES string of the molecule is CC(Nc1c(F)cccc1C(=O)O)c1ccco1. The molecule has 0 saturated heterocycles. The Morgan fingerprint density at radius 1 is 1.39 bits per heavy atom. The van der Waals surface area contributed by atoms with Crippen molar-refractivity contribution in [2.75, 3.05) is 5.32 Å². The van der Waals surface area contributed by atoms with E-state index in [1.165, 1.54) is 24.5 Å². The summed E-state index contributed by atoms with van der Waals surface area (Å²) >= 11 is 0. The van der Waals surface area contributed by atoms with Crippen LogP contribution in [-0.4, -0.2) is 11.1 Å². The Labute approximate surface area is 103 Å². The Kier molecular flexibility index (Phi) is 3.32. The predicted octanol–water partition coefficient (Wildman–Crippen LogP) is 3.29. The summed E-state index contributed by atoms with van der Waals surface area (Å²) in [7, 11) is 0. The van der Waals surface area contributed by atoms with E-state index in [2.05, 4.69) is 5.32 Å². The highest BCUT2D eigenvalue weighted by molar-refractivity contribution is 5.94. The minimum absolute atomic E-state index is 0.0334. The van der Waals surface area contributed by atoms with E-state index >= 15 is 0 Å². The van der Waals surface area contributed by atoms with E-state index in [1.807, 2.05) is 0 Å². The third-order valence-electron chi connectivity index (χ3n) is 2.57. The van der Waals surface area contributed by atoms with Gasteiger partial charge in [0.15, 0.2) is 0 Å². The number of rotatable bonds is 4. The molecule has 0 amide bonds. The fourth-order valence-corrected chi connectivity index (χ4v) is 1.67. The van der Waals surface area contributed by atoms with Gasteiger partial charge in [-0.15, -0.1) is 0 Å². The fraction of sp³-hybridized carbons (Fsp3) is 0.154. The topological polar surface area (TPSA) is 62.5 Å². The molecule has 1 atom stereocenters. The van der Waals surface area contributed by atoms with E-state index in [9.17, 15) is 9.18 Å². The van der Waals surface area contributed by atoms with Crippen LogP contribution >= 0.6 is 0 Å². The number of carbonyl (C=O) groups is 1. The molecule has 18 heavy (non-hydrogen) atoms. The molecule has 0 spiro atoms. The maximum absolute atomic E-state index is 13.7. The zero-order chi connectivity index (χ0) is 13.1. The van der Waals surface area contributed by atoms with E-state index in [0.29, 0.717) is 5.76 Å². The van der Waals surface area contributed by atoms with Gasteiger partial charge in [0.1, 0.15) is 11.6 Å². The van der Waals surface area contributed by atoms with Gasteiger partial charge in [0.05, 0.1) is 23.6 Å². The third-order valence-corrected chi connectivity index (χ3v) is 2.57. The number of anilines is 1. The Morgan fingerprint density at radius 2 is 2.17 bits per heavy atom. The first kappa shape index (κ1) is 12.2. The lowest BCUT2D eigenvalue weighted by atomic mass is 10.1. The maximum Gasteiger partial charge on any atom is 0.337 e. The van der Waals surface area contributed by atoms with Gasteiger partial charge in [-0.05, 0) is 31.2 Å². The van der Waals surface area contributed by atoms with Crippen LogP contribution in [0.1, 0.15) is 29.1 Å². The Bertz CT molecular complexity index is 551. The van der Waals surface area contributed by atoms with E-state index in [-0.39, 0.29) is 17.3 Å². The van der Waals surface area contributed by atoms with Gasteiger partial charge in [-0.2, -0.15) is 0 Å². The molecule has 0 aliphatic heterocycles. The van der Waals surface area contributed by atoms with E-state index < -0.39 is 11.8 Å². The minimum atomic E-state index is -1.18. The Balaban J connectivity index is 2.31. The van der Waals surface area contributed by atoms with Gasteiger partial charge in [0, 0.05) is 0 Å². The van der Waals surface area contributed by atoms with Crippen molar-refractivity contribution in [1.29, 1.82) is 0 Å². The molecule has 1 heterocycles. The summed E-state index contributed by atoms with van der Waals surface area (Å²) in [5.41, 5.74) is -0.137. The highest BCUT2D eigenvalue weighted by atomic mass is 19.1. The third kappa shape index (κ3) is 2.34. The molecule has 2 N–H and O–H groups in total. The quantitative estimate of drug-likeness (QED) is 0.872. The second kappa shape index (κ2) is 4.91. The summed E-state index contributed by atoms with van der Waals surface area (Å²) in [4.78, 5) is 11.0. The van der Waals surface area contributed by atoms with Crippen LogP contribution in [0.4, 0.5) is 10.1 Å². The molecule has 2 rings (SSSR count). The molecule has 1 aromatic carbocycles. The highest BCUT2D eigenvalue weighted by Gasteiger charge is 2.17. The van der Waals surface area contributed by atoms with Crippen molar-refractivity contribution in [3.8, 4) is 0 Å². The van der Waals surface area contributed by atoms with Crippen LogP contribution in [0, 0.1) is 5.82 Å². The number of furan rings is 1. The van der Waals surface area contributed by atoms with Crippen molar-refractivity contribution >= 4 is 11.7 Å². The molecule has 4 nitrogen and oxygen atoms in total.